The first kappa shape index (κ1) is 19.5. The van der Waals surface area contributed by atoms with Crippen LogP contribution in [0.15, 0.2) is 73.1 Å². The highest BCUT2D eigenvalue weighted by atomic mass is 35.5. The van der Waals surface area contributed by atoms with Crippen molar-refractivity contribution in [2.75, 3.05) is 5.32 Å². The van der Waals surface area contributed by atoms with E-state index in [1.165, 1.54) is 23.1 Å². The summed E-state index contributed by atoms with van der Waals surface area (Å²) in [6, 6.07) is 17.9. The molecule has 0 saturated carbocycles. The fourth-order valence-electron chi connectivity index (χ4n) is 2.73. The lowest BCUT2D eigenvalue weighted by molar-refractivity contribution is 0.102. The lowest BCUT2D eigenvalue weighted by Crippen LogP contribution is -2.12. The number of nitrogens with zero attached hydrogens (tertiary/aromatic N) is 4. The van der Waals surface area contributed by atoms with Gasteiger partial charge in [0.2, 0.25) is 0 Å². The van der Waals surface area contributed by atoms with Crippen LogP contribution in [0.1, 0.15) is 15.9 Å². The first-order valence-electron chi connectivity index (χ1n) is 8.90. The Bertz CT molecular complexity index is 1170. The van der Waals surface area contributed by atoms with Gasteiger partial charge in [-0.15, -0.1) is 5.10 Å². The van der Waals surface area contributed by atoms with Crippen LogP contribution in [0.3, 0.4) is 0 Å². The fourth-order valence-corrected chi connectivity index (χ4v) is 2.97. The van der Waals surface area contributed by atoms with Crippen LogP contribution in [-0.4, -0.2) is 26.1 Å². The van der Waals surface area contributed by atoms with Gasteiger partial charge in [0, 0.05) is 11.3 Å². The Hall–Kier alpha value is -3.78. The number of hydrogen-bond donors (Lipinski definition) is 1. The predicted molar refractivity (Wildman–Crippen MR) is 109 cm³/mol. The second-order valence-electron chi connectivity index (χ2n) is 6.32. The standard InChI is InChI=1S/C21H15ClFN5O2/c22-19-11-17(6-9-20(19)30-12-14-2-1-3-16(23)10-14)25-21(29)15-4-7-18(8-5-15)28-13-24-26-27-28/h1-11,13H,12H2,(H,25,29). The largest absolute Gasteiger partial charge is 0.487 e. The topological polar surface area (TPSA) is 81.9 Å². The Labute approximate surface area is 176 Å². The van der Waals surface area contributed by atoms with E-state index in [1.807, 2.05) is 0 Å². The van der Waals surface area contributed by atoms with Gasteiger partial charge in [-0.3, -0.25) is 4.79 Å². The monoisotopic (exact) mass is 423 g/mol. The van der Waals surface area contributed by atoms with Crippen molar-refractivity contribution in [2.45, 2.75) is 6.61 Å². The molecular weight excluding hydrogens is 409 g/mol. The quantitative estimate of drug-likeness (QED) is 0.500. The molecule has 0 aliphatic heterocycles. The van der Waals surface area contributed by atoms with Crippen LogP contribution < -0.4 is 10.1 Å². The van der Waals surface area contributed by atoms with Crippen molar-refractivity contribution >= 4 is 23.2 Å². The van der Waals surface area contributed by atoms with Gasteiger partial charge in [-0.2, -0.15) is 0 Å². The van der Waals surface area contributed by atoms with Gasteiger partial charge in [0.1, 0.15) is 24.5 Å². The third-order valence-corrected chi connectivity index (χ3v) is 4.51. The third kappa shape index (κ3) is 4.61. The van der Waals surface area contributed by atoms with Crippen molar-refractivity contribution in [3.8, 4) is 11.4 Å². The molecule has 0 saturated heterocycles. The molecule has 30 heavy (non-hydrogen) atoms. The van der Waals surface area contributed by atoms with Gasteiger partial charge >= 0.3 is 0 Å². The number of amides is 1. The Morgan fingerprint density at radius 2 is 1.93 bits per heavy atom. The number of hydrogen-bond acceptors (Lipinski definition) is 5. The number of ether oxygens (including phenoxy) is 1. The maximum atomic E-state index is 13.2. The molecular formula is C21H15ClFN5O2. The Balaban J connectivity index is 1.39. The number of tetrazole rings is 1. The van der Waals surface area contributed by atoms with Crippen LogP contribution in [0.25, 0.3) is 5.69 Å². The molecule has 1 N–H and O–H groups in total. The van der Waals surface area contributed by atoms with Crippen molar-refractivity contribution in [1.82, 2.24) is 20.2 Å². The summed E-state index contributed by atoms with van der Waals surface area (Å²) in [6.45, 7) is 0.177. The van der Waals surface area contributed by atoms with E-state index in [9.17, 15) is 9.18 Å². The highest BCUT2D eigenvalue weighted by Gasteiger charge is 2.10. The van der Waals surface area contributed by atoms with E-state index in [1.54, 1.807) is 54.6 Å². The van der Waals surface area contributed by atoms with Crippen molar-refractivity contribution in [2.24, 2.45) is 0 Å². The van der Waals surface area contributed by atoms with Gasteiger partial charge in [-0.1, -0.05) is 23.7 Å². The minimum atomic E-state index is -0.328. The van der Waals surface area contributed by atoms with Gasteiger partial charge in [-0.05, 0) is 70.6 Å². The van der Waals surface area contributed by atoms with Crippen molar-refractivity contribution in [3.63, 3.8) is 0 Å². The lowest BCUT2D eigenvalue weighted by Gasteiger charge is -2.11. The number of carbonyl (C=O) groups excluding carboxylic acids is 1. The summed E-state index contributed by atoms with van der Waals surface area (Å²) in [7, 11) is 0. The van der Waals surface area contributed by atoms with E-state index in [0.717, 1.165) is 5.69 Å². The van der Waals surface area contributed by atoms with Crippen LogP contribution in [0.2, 0.25) is 5.02 Å². The zero-order chi connectivity index (χ0) is 20.9. The molecule has 0 bridgehead atoms. The van der Waals surface area contributed by atoms with E-state index in [4.69, 9.17) is 16.3 Å². The molecule has 1 aromatic heterocycles. The Morgan fingerprint density at radius 1 is 1.10 bits per heavy atom. The van der Waals surface area contributed by atoms with Gasteiger partial charge < -0.3 is 10.1 Å². The molecule has 0 atom stereocenters. The normalized spacial score (nSPS) is 10.6. The first-order chi connectivity index (χ1) is 14.6. The summed E-state index contributed by atoms with van der Waals surface area (Å²) < 4.78 is 20.4. The fraction of sp³-hybridized carbons (Fsp3) is 0.0476. The Morgan fingerprint density at radius 3 is 2.63 bits per heavy atom. The number of carbonyl (C=O) groups is 1. The second kappa shape index (κ2) is 8.71. The number of aromatic nitrogens is 4. The summed E-state index contributed by atoms with van der Waals surface area (Å²) in [5.41, 5.74) is 2.41. The molecule has 3 aromatic carbocycles. The maximum Gasteiger partial charge on any atom is 0.255 e. The summed E-state index contributed by atoms with van der Waals surface area (Å²) in [6.07, 6.45) is 1.47. The van der Waals surface area contributed by atoms with Crippen molar-refractivity contribution in [1.29, 1.82) is 0 Å². The van der Waals surface area contributed by atoms with Gasteiger partial charge in [0.05, 0.1) is 10.7 Å². The molecule has 0 radical (unpaired) electrons. The molecule has 0 unspecified atom stereocenters. The molecule has 0 aliphatic rings. The molecule has 0 spiro atoms. The molecule has 0 fully saturated rings. The molecule has 7 nitrogen and oxygen atoms in total. The van der Waals surface area contributed by atoms with Crippen LogP contribution >= 0.6 is 11.6 Å². The molecule has 150 valence electrons. The number of halogens is 2. The molecule has 1 amide bonds. The van der Waals surface area contributed by atoms with E-state index < -0.39 is 0 Å². The van der Waals surface area contributed by atoms with Crippen LogP contribution in [0, 0.1) is 5.82 Å². The van der Waals surface area contributed by atoms with E-state index in [0.29, 0.717) is 27.6 Å². The molecule has 1 heterocycles. The SMILES string of the molecule is O=C(Nc1ccc(OCc2cccc(F)c2)c(Cl)c1)c1ccc(-n2cnnn2)cc1. The second-order valence-corrected chi connectivity index (χ2v) is 6.73. The number of nitrogens with one attached hydrogen (secondary N) is 1. The van der Waals surface area contributed by atoms with Gasteiger partial charge in [-0.25, -0.2) is 9.07 Å². The van der Waals surface area contributed by atoms with E-state index in [2.05, 4.69) is 20.8 Å². The van der Waals surface area contributed by atoms with Crippen LogP contribution in [0.5, 0.6) is 5.75 Å². The number of rotatable bonds is 6. The maximum absolute atomic E-state index is 13.2. The van der Waals surface area contributed by atoms with Crippen LogP contribution in [0.4, 0.5) is 10.1 Å². The Kier molecular flexibility index (Phi) is 5.67. The molecule has 0 aliphatic carbocycles. The molecule has 9 heteroatoms. The van der Waals surface area contributed by atoms with Gasteiger partial charge in [0.15, 0.2) is 0 Å². The predicted octanol–water partition coefficient (Wildman–Crippen LogP) is 4.29. The highest BCUT2D eigenvalue weighted by molar-refractivity contribution is 6.32. The number of anilines is 1. The third-order valence-electron chi connectivity index (χ3n) is 4.22. The van der Waals surface area contributed by atoms with Crippen molar-refractivity contribution in [3.05, 3.63) is 95.0 Å². The zero-order valence-electron chi connectivity index (χ0n) is 15.5. The minimum absolute atomic E-state index is 0.177. The smallest absolute Gasteiger partial charge is 0.255 e. The molecule has 4 rings (SSSR count). The summed E-state index contributed by atoms with van der Waals surface area (Å²) in [4.78, 5) is 12.5. The number of benzene rings is 3. The van der Waals surface area contributed by atoms with Gasteiger partial charge in [0.25, 0.3) is 5.91 Å². The highest BCUT2D eigenvalue weighted by Crippen LogP contribution is 2.28. The zero-order valence-corrected chi connectivity index (χ0v) is 16.3. The summed E-state index contributed by atoms with van der Waals surface area (Å²) in [5.74, 6) is -0.182. The average Bonchev–Trinajstić information content (AvgIpc) is 3.28. The first-order valence-corrected chi connectivity index (χ1v) is 9.28. The average molecular weight is 424 g/mol. The molecule has 4 aromatic rings. The van der Waals surface area contributed by atoms with E-state index >= 15 is 0 Å². The summed E-state index contributed by atoms with van der Waals surface area (Å²) >= 11 is 6.26. The lowest BCUT2D eigenvalue weighted by atomic mass is 10.2. The van der Waals surface area contributed by atoms with Crippen LogP contribution in [-0.2, 0) is 6.61 Å². The van der Waals surface area contributed by atoms with E-state index in [-0.39, 0.29) is 18.3 Å². The summed E-state index contributed by atoms with van der Waals surface area (Å²) in [5, 5.41) is 14.1. The van der Waals surface area contributed by atoms with Crippen molar-refractivity contribution < 1.29 is 13.9 Å². The minimum Gasteiger partial charge on any atom is -0.487 e.